The number of hydrogen-bond donors (Lipinski definition) is 2. The first-order chi connectivity index (χ1) is 4.76. The Labute approximate surface area is 60.9 Å². The third-order valence-electron chi connectivity index (χ3n) is 1.41. The molecule has 58 valence electrons. The number of nitrogens with zero attached hydrogens (tertiary/aromatic N) is 1. The third kappa shape index (κ3) is 2.81. The van der Waals surface area contributed by atoms with Gasteiger partial charge in [0.25, 0.3) is 0 Å². The van der Waals surface area contributed by atoms with E-state index in [0.29, 0.717) is 6.42 Å². The Hall–Kier alpha value is -0.590. The van der Waals surface area contributed by atoms with Crippen LogP contribution in [0.4, 0.5) is 0 Å². The average molecular weight is 143 g/mol. The zero-order chi connectivity index (χ0) is 7.98. The van der Waals surface area contributed by atoms with Crippen molar-refractivity contribution in [1.82, 2.24) is 0 Å². The minimum absolute atomic E-state index is 0.252. The molecule has 3 heteroatoms. The van der Waals surface area contributed by atoms with E-state index < -0.39 is 12.0 Å². The fourth-order valence-corrected chi connectivity index (χ4v) is 0.745. The molecule has 0 rings (SSSR count). The van der Waals surface area contributed by atoms with E-state index in [9.17, 15) is 0 Å². The quantitative estimate of drug-likeness (QED) is 0.594. The molecule has 0 heterocycles. The standard InChI is InChI=1S/C7H13NO2/c1-2-3-7(10)6(4-8)5-9/h6-7,9-10H,2-3,5H2,1H3/t6-,7+/m0/s1. The van der Waals surface area contributed by atoms with E-state index >= 15 is 0 Å². The van der Waals surface area contributed by atoms with Gasteiger partial charge >= 0.3 is 0 Å². The Morgan fingerprint density at radius 2 is 2.20 bits per heavy atom. The van der Waals surface area contributed by atoms with E-state index in [1.807, 2.05) is 13.0 Å². The molecule has 3 nitrogen and oxygen atoms in total. The topological polar surface area (TPSA) is 64.2 Å². The first kappa shape index (κ1) is 9.41. The van der Waals surface area contributed by atoms with Crippen LogP contribution in [0.3, 0.4) is 0 Å². The minimum Gasteiger partial charge on any atom is -0.395 e. The SMILES string of the molecule is CCC[C@@H](O)[C@@H](C#N)CO. The molecule has 0 aromatic heterocycles. The lowest BCUT2D eigenvalue weighted by Crippen LogP contribution is -2.21. The lowest BCUT2D eigenvalue weighted by Gasteiger charge is -2.11. The smallest absolute Gasteiger partial charge is 0.0952 e. The molecule has 0 aliphatic heterocycles. The van der Waals surface area contributed by atoms with E-state index in [1.54, 1.807) is 0 Å². The molecule has 0 amide bonds. The number of nitriles is 1. The molecule has 0 radical (unpaired) electrons. The van der Waals surface area contributed by atoms with Crippen molar-refractivity contribution in [2.45, 2.75) is 25.9 Å². The normalized spacial score (nSPS) is 15.8. The maximum Gasteiger partial charge on any atom is 0.0952 e. The predicted molar refractivity (Wildman–Crippen MR) is 37.1 cm³/mol. The van der Waals surface area contributed by atoms with Gasteiger partial charge in [0.2, 0.25) is 0 Å². The van der Waals surface area contributed by atoms with Gasteiger partial charge in [-0.1, -0.05) is 13.3 Å². The minimum atomic E-state index is -0.667. The summed E-state index contributed by atoms with van der Waals surface area (Å²) >= 11 is 0. The fourth-order valence-electron chi connectivity index (χ4n) is 0.745. The van der Waals surface area contributed by atoms with Crippen molar-refractivity contribution in [3.05, 3.63) is 0 Å². The molecule has 0 aromatic rings. The maximum absolute atomic E-state index is 9.13. The molecule has 0 unspecified atom stereocenters. The lowest BCUT2D eigenvalue weighted by atomic mass is 10.0. The van der Waals surface area contributed by atoms with Crippen molar-refractivity contribution < 1.29 is 10.2 Å². The zero-order valence-corrected chi connectivity index (χ0v) is 6.12. The Morgan fingerprint density at radius 3 is 2.50 bits per heavy atom. The van der Waals surface area contributed by atoms with Crippen LogP contribution in [-0.2, 0) is 0 Å². The largest absolute Gasteiger partial charge is 0.395 e. The highest BCUT2D eigenvalue weighted by Crippen LogP contribution is 2.07. The van der Waals surface area contributed by atoms with Gasteiger partial charge in [-0.25, -0.2) is 0 Å². The van der Waals surface area contributed by atoms with E-state index in [2.05, 4.69) is 0 Å². The summed E-state index contributed by atoms with van der Waals surface area (Å²) < 4.78 is 0. The predicted octanol–water partition coefficient (Wildman–Crippen LogP) is 0.279. The lowest BCUT2D eigenvalue weighted by molar-refractivity contribution is 0.0877. The van der Waals surface area contributed by atoms with Crippen molar-refractivity contribution >= 4 is 0 Å². The van der Waals surface area contributed by atoms with E-state index in [1.165, 1.54) is 0 Å². The van der Waals surface area contributed by atoms with Gasteiger partial charge in [0.1, 0.15) is 0 Å². The van der Waals surface area contributed by atoms with Crippen LogP contribution >= 0.6 is 0 Å². The van der Waals surface area contributed by atoms with Gasteiger partial charge in [0, 0.05) is 0 Å². The summed E-state index contributed by atoms with van der Waals surface area (Å²) in [5.74, 6) is -0.611. The van der Waals surface area contributed by atoms with Crippen LogP contribution in [0.1, 0.15) is 19.8 Å². The summed E-state index contributed by atoms with van der Waals surface area (Å²) in [4.78, 5) is 0. The molecule has 0 bridgehead atoms. The summed E-state index contributed by atoms with van der Waals surface area (Å²) in [6, 6.07) is 1.84. The molecular formula is C7H13NO2. The molecule has 2 N–H and O–H groups in total. The van der Waals surface area contributed by atoms with Crippen LogP contribution in [0.2, 0.25) is 0 Å². The number of aliphatic hydroxyl groups excluding tert-OH is 2. The first-order valence-corrected chi connectivity index (χ1v) is 3.44. The first-order valence-electron chi connectivity index (χ1n) is 3.44. The van der Waals surface area contributed by atoms with Gasteiger partial charge in [0.15, 0.2) is 0 Å². The average Bonchev–Trinajstić information content (AvgIpc) is 1.91. The van der Waals surface area contributed by atoms with Gasteiger partial charge in [0.05, 0.1) is 24.7 Å². The molecule has 0 aliphatic rings. The van der Waals surface area contributed by atoms with Crippen molar-refractivity contribution in [3.8, 4) is 6.07 Å². The van der Waals surface area contributed by atoms with Crippen molar-refractivity contribution in [2.75, 3.05) is 6.61 Å². The van der Waals surface area contributed by atoms with E-state index in [-0.39, 0.29) is 6.61 Å². The molecule has 0 saturated carbocycles. The molecule has 10 heavy (non-hydrogen) atoms. The summed E-state index contributed by atoms with van der Waals surface area (Å²) in [6.45, 7) is 1.67. The summed E-state index contributed by atoms with van der Waals surface area (Å²) in [6.07, 6.45) is 0.748. The van der Waals surface area contributed by atoms with Gasteiger partial charge in [-0.05, 0) is 6.42 Å². The Bertz CT molecular complexity index is 119. The van der Waals surface area contributed by atoms with Crippen LogP contribution in [0, 0.1) is 17.2 Å². The zero-order valence-electron chi connectivity index (χ0n) is 6.12. The van der Waals surface area contributed by atoms with E-state index in [4.69, 9.17) is 15.5 Å². The highest BCUT2D eigenvalue weighted by Gasteiger charge is 2.15. The maximum atomic E-state index is 9.13. The Morgan fingerprint density at radius 1 is 1.60 bits per heavy atom. The summed E-state index contributed by atoms with van der Waals surface area (Å²) in [5, 5.41) is 26.0. The molecule has 0 aromatic carbocycles. The monoisotopic (exact) mass is 143 g/mol. The Balaban J connectivity index is 3.67. The number of aliphatic hydroxyl groups is 2. The fraction of sp³-hybridized carbons (Fsp3) is 0.857. The molecule has 0 spiro atoms. The molecule has 0 aliphatic carbocycles. The highest BCUT2D eigenvalue weighted by atomic mass is 16.3. The van der Waals surface area contributed by atoms with Crippen LogP contribution in [0.15, 0.2) is 0 Å². The van der Waals surface area contributed by atoms with Gasteiger partial charge in [-0.2, -0.15) is 5.26 Å². The van der Waals surface area contributed by atoms with Crippen LogP contribution in [0.5, 0.6) is 0 Å². The molecular weight excluding hydrogens is 130 g/mol. The third-order valence-corrected chi connectivity index (χ3v) is 1.41. The summed E-state index contributed by atoms with van der Waals surface area (Å²) in [7, 11) is 0. The van der Waals surface area contributed by atoms with Crippen LogP contribution < -0.4 is 0 Å². The molecule has 2 atom stereocenters. The van der Waals surface area contributed by atoms with Gasteiger partial charge in [-0.15, -0.1) is 0 Å². The van der Waals surface area contributed by atoms with Crippen molar-refractivity contribution in [3.63, 3.8) is 0 Å². The summed E-state index contributed by atoms with van der Waals surface area (Å²) in [5.41, 5.74) is 0. The van der Waals surface area contributed by atoms with Crippen molar-refractivity contribution in [2.24, 2.45) is 5.92 Å². The Kier molecular flexibility index (Phi) is 4.91. The molecule has 0 saturated heterocycles. The number of hydrogen-bond acceptors (Lipinski definition) is 3. The second-order valence-electron chi connectivity index (χ2n) is 2.27. The van der Waals surface area contributed by atoms with Crippen molar-refractivity contribution in [1.29, 1.82) is 5.26 Å². The van der Waals surface area contributed by atoms with Crippen LogP contribution in [-0.4, -0.2) is 22.9 Å². The van der Waals surface area contributed by atoms with Crippen LogP contribution in [0.25, 0.3) is 0 Å². The number of rotatable bonds is 4. The highest BCUT2D eigenvalue weighted by molar-refractivity contribution is 4.87. The second-order valence-corrected chi connectivity index (χ2v) is 2.27. The second kappa shape index (κ2) is 5.21. The van der Waals surface area contributed by atoms with Gasteiger partial charge < -0.3 is 10.2 Å². The molecule has 0 fully saturated rings. The van der Waals surface area contributed by atoms with E-state index in [0.717, 1.165) is 6.42 Å². The van der Waals surface area contributed by atoms with Gasteiger partial charge in [-0.3, -0.25) is 0 Å².